The molecule has 3 amide bonds. The van der Waals surface area contributed by atoms with Crippen LogP contribution in [0.25, 0.3) is 11.4 Å². The molecule has 1 saturated heterocycles. The van der Waals surface area contributed by atoms with Crippen LogP contribution < -0.4 is 20.9 Å². The van der Waals surface area contributed by atoms with Gasteiger partial charge in [-0.15, -0.1) is 0 Å². The van der Waals surface area contributed by atoms with E-state index >= 15 is 0 Å². The molecule has 1 atom stereocenters. The zero-order chi connectivity index (χ0) is 27.1. The smallest absolute Gasteiger partial charge is 0.324 e. The Balaban J connectivity index is 1.56. The Hall–Kier alpha value is -4.04. The molecule has 0 radical (unpaired) electrons. The van der Waals surface area contributed by atoms with Gasteiger partial charge in [0.2, 0.25) is 5.91 Å². The molecule has 1 aromatic carbocycles. The van der Waals surface area contributed by atoms with Crippen LogP contribution in [0.1, 0.15) is 19.5 Å². The Bertz CT molecular complexity index is 1360. The normalized spacial score (nSPS) is 15.6. The lowest BCUT2D eigenvalue weighted by molar-refractivity contribution is -0.118. The van der Waals surface area contributed by atoms with Gasteiger partial charge in [0.1, 0.15) is 12.1 Å². The second kappa shape index (κ2) is 12.0. The molecule has 0 saturated carbocycles. The number of ether oxygens (including phenoxy) is 1. The van der Waals surface area contributed by atoms with Crippen molar-refractivity contribution in [1.82, 2.24) is 20.4 Å². The maximum Gasteiger partial charge on any atom is 0.324 e. The van der Waals surface area contributed by atoms with E-state index in [1.165, 1.54) is 19.3 Å². The number of hydrogen-bond donors (Lipinski definition) is 3. The Kier molecular flexibility index (Phi) is 8.53. The van der Waals surface area contributed by atoms with Crippen LogP contribution in [0, 0.1) is 0 Å². The fourth-order valence-corrected chi connectivity index (χ4v) is 5.00. The van der Waals surface area contributed by atoms with E-state index in [9.17, 15) is 18.0 Å². The van der Waals surface area contributed by atoms with Gasteiger partial charge in [0.15, 0.2) is 21.5 Å². The largest absolute Gasteiger partial charge is 0.377 e. The van der Waals surface area contributed by atoms with Crippen molar-refractivity contribution in [3.05, 3.63) is 48.4 Å². The van der Waals surface area contributed by atoms with Gasteiger partial charge in [0, 0.05) is 43.4 Å². The predicted molar refractivity (Wildman–Crippen MR) is 140 cm³/mol. The average Bonchev–Trinajstić information content (AvgIpc) is 3.37. The van der Waals surface area contributed by atoms with Gasteiger partial charge in [-0.05, 0) is 31.2 Å². The molecule has 1 aliphatic rings. The Morgan fingerprint density at radius 1 is 1.13 bits per heavy atom. The summed E-state index contributed by atoms with van der Waals surface area (Å²) >= 11 is 0. The van der Waals surface area contributed by atoms with Gasteiger partial charge < -0.3 is 24.8 Å². The van der Waals surface area contributed by atoms with E-state index in [0.717, 1.165) is 0 Å². The molecular formula is C24H29N7O6S. The van der Waals surface area contributed by atoms with Crippen molar-refractivity contribution in [2.45, 2.75) is 25.6 Å². The monoisotopic (exact) mass is 543 g/mol. The molecule has 3 heterocycles. The van der Waals surface area contributed by atoms with Crippen LogP contribution >= 0.6 is 0 Å². The summed E-state index contributed by atoms with van der Waals surface area (Å²) in [5.74, 6) is 0.448. The minimum Gasteiger partial charge on any atom is -0.377 e. The Morgan fingerprint density at radius 3 is 2.61 bits per heavy atom. The number of anilines is 3. The molecular weight excluding hydrogens is 514 g/mol. The lowest BCUT2D eigenvalue weighted by Gasteiger charge is -2.34. The number of sulfone groups is 1. The number of amides is 3. The van der Waals surface area contributed by atoms with Crippen molar-refractivity contribution in [3.63, 3.8) is 0 Å². The lowest BCUT2D eigenvalue weighted by atomic mass is 10.2. The molecule has 3 aromatic rings. The van der Waals surface area contributed by atoms with Gasteiger partial charge in [0.05, 0.1) is 36.5 Å². The van der Waals surface area contributed by atoms with Crippen LogP contribution in [0.4, 0.5) is 22.1 Å². The third-order valence-electron chi connectivity index (χ3n) is 5.66. The van der Waals surface area contributed by atoms with E-state index in [1.54, 1.807) is 30.3 Å². The van der Waals surface area contributed by atoms with Gasteiger partial charge in [-0.2, -0.15) is 0 Å². The van der Waals surface area contributed by atoms with Gasteiger partial charge in [0.25, 0.3) is 0 Å². The van der Waals surface area contributed by atoms with E-state index in [0.29, 0.717) is 48.3 Å². The van der Waals surface area contributed by atoms with E-state index in [1.807, 2.05) is 6.92 Å². The topological polar surface area (TPSA) is 169 Å². The fraction of sp³-hybridized carbons (Fsp3) is 0.375. The molecule has 0 unspecified atom stereocenters. The van der Waals surface area contributed by atoms with Crippen molar-refractivity contribution >= 4 is 39.1 Å². The Morgan fingerprint density at radius 2 is 1.92 bits per heavy atom. The third kappa shape index (κ3) is 7.49. The minimum absolute atomic E-state index is 0.0294. The summed E-state index contributed by atoms with van der Waals surface area (Å²) in [6.07, 6.45) is 1.35. The molecule has 13 nitrogen and oxygen atoms in total. The van der Waals surface area contributed by atoms with Crippen molar-refractivity contribution in [1.29, 1.82) is 0 Å². The van der Waals surface area contributed by atoms with E-state index in [4.69, 9.17) is 9.72 Å². The van der Waals surface area contributed by atoms with Crippen molar-refractivity contribution in [2.24, 2.45) is 0 Å². The summed E-state index contributed by atoms with van der Waals surface area (Å²) in [6, 6.07) is 9.61. The SMILES string of the molecule is CC(=O)NCCS(=O)(=O)Cc1cc(N2CCOC[C@@H]2C)nc(-c2ccc(NC(=O)Nc3ccon3)cc2)n1. The van der Waals surface area contributed by atoms with Crippen molar-refractivity contribution in [2.75, 3.05) is 47.6 Å². The van der Waals surface area contributed by atoms with Gasteiger partial charge >= 0.3 is 6.03 Å². The molecule has 0 bridgehead atoms. The van der Waals surface area contributed by atoms with Crippen molar-refractivity contribution < 1.29 is 27.3 Å². The summed E-state index contributed by atoms with van der Waals surface area (Å²) in [4.78, 5) is 34.6. The molecule has 4 rings (SSSR count). The second-order valence-electron chi connectivity index (χ2n) is 8.77. The highest BCUT2D eigenvalue weighted by Crippen LogP contribution is 2.25. The van der Waals surface area contributed by atoms with Crippen LogP contribution in [-0.4, -0.2) is 73.6 Å². The number of hydrogen-bond acceptors (Lipinski definition) is 10. The van der Waals surface area contributed by atoms with E-state index in [2.05, 4.69) is 35.5 Å². The van der Waals surface area contributed by atoms with Crippen LogP contribution in [0.5, 0.6) is 0 Å². The fourth-order valence-electron chi connectivity index (χ4n) is 3.84. The van der Waals surface area contributed by atoms with Crippen LogP contribution in [0.3, 0.4) is 0 Å². The average molecular weight is 544 g/mol. The molecule has 1 aliphatic heterocycles. The van der Waals surface area contributed by atoms with Gasteiger partial charge in [-0.25, -0.2) is 23.2 Å². The first kappa shape index (κ1) is 27.0. The molecule has 0 aliphatic carbocycles. The summed E-state index contributed by atoms with van der Waals surface area (Å²) in [5, 5.41) is 11.4. The second-order valence-corrected chi connectivity index (χ2v) is 11.0. The molecule has 14 heteroatoms. The number of carbonyl (C=O) groups is 2. The van der Waals surface area contributed by atoms with E-state index < -0.39 is 15.9 Å². The van der Waals surface area contributed by atoms with Crippen LogP contribution in [0.15, 0.2) is 47.2 Å². The number of rotatable bonds is 9. The standard InChI is InChI=1S/C24H29N7O6S/c1-16-14-36-11-9-31(16)22-13-20(15-38(34,35)12-8-25-17(2)32)26-23(29-22)18-3-5-19(6-4-18)27-24(33)28-21-7-10-37-30-21/h3-7,10,13,16H,8-9,11-12,14-15H2,1-2H3,(H,25,32)(H2,27,28,30,33)/t16-/m0/s1. The predicted octanol–water partition coefficient (Wildman–Crippen LogP) is 2.05. The number of carbonyl (C=O) groups excluding carboxylic acids is 2. The maximum absolute atomic E-state index is 12.7. The summed E-state index contributed by atoms with van der Waals surface area (Å²) < 4.78 is 35.7. The molecule has 3 N–H and O–H groups in total. The first-order valence-corrected chi connectivity index (χ1v) is 13.8. The Labute approximate surface area is 219 Å². The quantitative estimate of drug-likeness (QED) is 0.363. The first-order chi connectivity index (χ1) is 18.2. The van der Waals surface area contributed by atoms with Crippen LogP contribution in [0.2, 0.25) is 0 Å². The highest BCUT2D eigenvalue weighted by atomic mass is 32.2. The highest BCUT2D eigenvalue weighted by molar-refractivity contribution is 7.90. The number of nitrogens with zero attached hydrogens (tertiary/aromatic N) is 4. The van der Waals surface area contributed by atoms with E-state index in [-0.39, 0.29) is 35.8 Å². The molecule has 2 aromatic heterocycles. The van der Waals surface area contributed by atoms with Crippen molar-refractivity contribution in [3.8, 4) is 11.4 Å². The van der Waals surface area contributed by atoms with Crippen LogP contribution in [-0.2, 0) is 25.1 Å². The number of nitrogens with one attached hydrogen (secondary N) is 3. The summed E-state index contributed by atoms with van der Waals surface area (Å²) in [5.41, 5.74) is 1.52. The maximum atomic E-state index is 12.7. The number of aromatic nitrogens is 3. The highest BCUT2D eigenvalue weighted by Gasteiger charge is 2.23. The first-order valence-electron chi connectivity index (χ1n) is 11.9. The van der Waals surface area contributed by atoms with Gasteiger partial charge in [-0.1, -0.05) is 5.16 Å². The molecule has 1 fully saturated rings. The van der Waals surface area contributed by atoms with Gasteiger partial charge in [-0.3, -0.25) is 10.1 Å². The molecule has 38 heavy (non-hydrogen) atoms. The zero-order valence-corrected chi connectivity index (χ0v) is 21.8. The number of morpholine rings is 1. The summed E-state index contributed by atoms with van der Waals surface area (Å²) in [6.45, 7) is 5.04. The molecule has 0 spiro atoms. The number of urea groups is 1. The summed E-state index contributed by atoms with van der Waals surface area (Å²) in [7, 11) is -3.55. The zero-order valence-electron chi connectivity index (χ0n) is 21.0. The lowest BCUT2D eigenvalue weighted by Crippen LogP contribution is -2.44. The minimum atomic E-state index is -3.55. The molecule has 202 valence electrons. The number of benzene rings is 1. The third-order valence-corrected chi connectivity index (χ3v) is 7.22.